The van der Waals surface area contributed by atoms with Crippen molar-refractivity contribution in [3.8, 4) is 11.5 Å². The maximum atomic E-state index is 11.4. The SMILES string of the molecule is C.CCCCOc1cccc(C=O)c1B1OC(C)(C)C(C)(C)O1.CCCCOc1cccc2c1B(O)OC2C[N+](=O)[O-]. The van der Waals surface area contributed by atoms with E-state index in [0.717, 1.165) is 32.0 Å². The summed E-state index contributed by atoms with van der Waals surface area (Å²) in [5, 5.41) is 20.5. The third-order valence-electron chi connectivity index (χ3n) is 7.53. The smallest absolute Gasteiger partial charge is 0.494 e. The zero-order valence-electron chi connectivity index (χ0n) is 24.9. The summed E-state index contributed by atoms with van der Waals surface area (Å²) in [5.41, 5.74) is 1.49. The Morgan fingerprint density at radius 3 is 1.98 bits per heavy atom. The van der Waals surface area contributed by atoms with Gasteiger partial charge in [-0.15, -0.1) is 0 Å². The Morgan fingerprint density at radius 2 is 1.48 bits per heavy atom. The molecule has 12 heteroatoms. The van der Waals surface area contributed by atoms with Crippen molar-refractivity contribution < 1.29 is 38.2 Å². The molecule has 1 atom stereocenters. The van der Waals surface area contributed by atoms with Crippen molar-refractivity contribution in [2.45, 2.75) is 92.0 Å². The van der Waals surface area contributed by atoms with Crippen LogP contribution < -0.4 is 20.4 Å². The Kier molecular flexibility index (Phi) is 13.0. The first-order chi connectivity index (χ1) is 19.5. The molecule has 0 aromatic heterocycles. The fraction of sp³-hybridized carbons (Fsp3) is 0.567. The average Bonchev–Trinajstić information content (AvgIpc) is 3.34. The lowest BCUT2D eigenvalue weighted by molar-refractivity contribution is -0.490. The highest BCUT2D eigenvalue weighted by Gasteiger charge is 2.53. The molecule has 1 fully saturated rings. The van der Waals surface area contributed by atoms with E-state index in [2.05, 4.69) is 13.8 Å². The van der Waals surface area contributed by atoms with Crippen LogP contribution in [0.25, 0.3) is 0 Å². The highest BCUT2D eigenvalue weighted by molar-refractivity contribution is 6.64. The third-order valence-corrected chi connectivity index (χ3v) is 7.53. The van der Waals surface area contributed by atoms with Crippen LogP contribution in [-0.4, -0.2) is 61.4 Å². The van der Waals surface area contributed by atoms with Crippen molar-refractivity contribution in [1.82, 2.24) is 0 Å². The van der Waals surface area contributed by atoms with E-state index in [0.29, 0.717) is 46.8 Å². The van der Waals surface area contributed by atoms with Crippen molar-refractivity contribution in [2.24, 2.45) is 0 Å². The number of hydrogen-bond acceptors (Lipinski definition) is 9. The van der Waals surface area contributed by atoms with Crippen LogP contribution in [0.5, 0.6) is 11.5 Å². The van der Waals surface area contributed by atoms with Gasteiger partial charge >= 0.3 is 14.2 Å². The number of carbonyl (C=O) groups is 1. The highest BCUT2D eigenvalue weighted by Crippen LogP contribution is 2.37. The summed E-state index contributed by atoms with van der Waals surface area (Å²) in [6, 6.07) is 10.7. The van der Waals surface area contributed by atoms with E-state index in [9.17, 15) is 19.9 Å². The maximum Gasteiger partial charge on any atom is 0.499 e. The first-order valence-corrected chi connectivity index (χ1v) is 14.2. The molecule has 0 saturated carbocycles. The van der Waals surface area contributed by atoms with Crippen LogP contribution in [0.2, 0.25) is 0 Å². The summed E-state index contributed by atoms with van der Waals surface area (Å²) in [4.78, 5) is 21.6. The minimum absolute atomic E-state index is 0. The van der Waals surface area contributed by atoms with Crippen LogP contribution in [-0.2, 0) is 14.0 Å². The molecule has 0 bridgehead atoms. The summed E-state index contributed by atoms with van der Waals surface area (Å²) < 4.78 is 28.8. The molecule has 0 aliphatic carbocycles. The molecule has 2 aromatic rings. The highest BCUT2D eigenvalue weighted by atomic mass is 16.7. The number of nitrogens with zero attached hydrogens (tertiary/aromatic N) is 1. The lowest BCUT2D eigenvalue weighted by Crippen LogP contribution is -2.41. The third kappa shape index (κ3) is 8.34. The molecule has 10 nitrogen and oxygen atoms in total. The van der Waals surface area contributed by atoms with Gasteiger partial charge in [0.2, 0.25) is 6.54 Å². The molecular formula is C30H45B2NO9. The Morgan fingerprint density at radius 1 is 0.952 bits per heavy atom. The van der Waals surface area contributed by atoms with E-state index in [4.69, 9.17) is 23.4 Å². The number of unbranched alkanes of at least 4 members (excludes halogenated alkanes) is 2. The van der Waals surface area contributed by atoms with E-state index in [-0.39, 0.29) is 14.0 Å². The molecule has 230 valence electrons. The quantitative estimate of drug-likeness (QED) is 0.126. The first kappa shape index (κ1) is 35.3. The number of rotatable bonds is 12. The number of nitro groups is 1. The van der Waals surface area contributed by atoms with Crippen molar-refractivity contribution in [2.75, 3.05) is 19.8 Å². The number of ether oxygens (including phenoxy) is 2. The minimum atomic E-state index is -1.15. The van der Waals surface area contributed by atoms with Gasteiger partial charge in [-0.1, -0.05) is 58.4 Å². The first-order valence-electron chi connectivity index (χ1n) is 14.2. The molecule has 2 heterocycles. The largest absolute Gasteiger partial charge is 0.499 e. The zero-order valence-corrected chi connectivity index (χ0v) is 24.9. The minimum Gasteiger partial charge on any atom is -0.494 e. The van der Waals surface area contributed by atoms with E-state index >= 15 is 0 Å². The monoisotopic (exact) mass is 585 g/mol. The van der Waals surface area contributed by atoms with Crippen molar-refractivity contribution in [1.29, 1.82) is 0 Å². The number of fused-ring (bicyclic) bond motifs is 1. The molecule has 0 radical (unpaired) electrons. The predicted molar refractivity (Wildman–Crippen MR) is 165 cm³/mol. The fourth-order valence-corrected chi connectivity index (χ4v) is 4.46. The lowest BCUT2D eigenvalue weighted by atomic mass is 9.75. The Balaban J connectivity index is 0.000000289. The fourth-order valence-electron chi connectivity index (χ4n) is 4.46. The van der Waals surface area contributed by atoms with Gasteiger partial charge < -0.3 is 28.5 Å². The van der Waals surface area contributed by atoms with Gasteiger partial charge in [0.1, 0.15) is 23.9 Å². The van der Waals surface area contributed by atoms with Gasteiger partial charge in [0.05, 0.1) is 24.4 Å². The van der Waals surface area contributed by atoms with Gasteiger partial charge in [0.25, 0.3) is 0 Å². The van der Waals surface area contributed by atoms with Gasteiger partial charge in [-0.3, -0.25) is 14.9 Å². The second kappa shape index (κ2) is 15.5. The number of aldehydes is 1. The van der Waals surface area contributed by atoms with Gasteiger partial charge in [-0.25, -0.2) is 0 Å². The molecule has 42 heavy (non-hydrogen) atoms. The van der Waals surface area contributed by atoms with Crippen LogP contribution in [0, 0.1) is 10.1 Å². The van der Waals surface area contributed by atoms with E-state index in [1.54, 1.807) is 24.3 Å². The second-order valence-electron chi connectivity index (χ2n) is 11.1. The van der Waals surface area contributed by atoms with Crippen LogP contribution >= 0.6 is 0 Å². The van der Waals surface area contributed by atoms with E-state index in [1.807, 2.05) is 39.8 Å². The second-order valence-corrected chi connectivity index (χ2v) is 11.1. The molecule has 2 aromatic carbocycles. The zero-order chi connectivity index (χ0) is 30.2. The number of hydrogen-bond donors (Lipinski definition) is 1. The van der Waals surface area contributed by atoms with Gasteiger partial charge in [0, 0.05) is 21.4 Å². The predicted octanol–water partition coefficient (Wildman–Crippen LogP) is 4.51. The molecule has 2 aliphatic rings. The Bertz CT molecular complexity index is 1180. The van der Waals surface area contributed by atoms with Gasteiger partial charge in [-0.2, -0.15) is 0 Å². The summed E-state index contributed by atoms with van der Waals surface area (Å²) in [7, 11) is -1.75. The van der Waals surface area contributed by atoms with Crippen LogP contribution in [0.15, 0.2) is 36.4 Å². The van der Waals surface area contributed by atoms with Crippen LogP contribution in [0.1, 0.15) is 96.7 Å². The van der Waals surface area contributed by atoms with Crippen LogP contribution in [0.4, 0.5) is 0 Å². The molecule has 1 N–H and O–H groups in total. The molecule has 1 unspecified atom stereocenters. The van der Waals surface area contributed by atoms with Gasteiger partial charge in [-0.05, 0) is 58.2 Å². The maximum absolute atomic E-state index is 11.4. The molecule has 0 spiro atoms. The Labute approximate surface area is 250 Å². The van der Waals surface area contributed by atoms with E-state index in [1.165, 1.54) is 0 Å². The molecule has 0 amide bonds. The normalized spacial score (nSPS) is 17.9. The molecule has 2 aliphatic heterocycles. The molecule has 4 rings (SSSR count). The van der Waals surface area contributed by atoms with Crippen LogP contribution in [0.3, 0.4) is 0 Å². The average molecular weight is 585 g/mol. The molecular weight excluding hydrogens is 540 g/mol. The lowest BCUT2D eigenvalue weighted by Gasteiger charge is -2.32. The summed E-state index contributed by atoms with van der Waals surface area (Å²) in [6.45, 7) is 13.0. The van der Waals surface area contributed by atoms with Crippen molar-refractivity contribution in [3.05, 3.63) is 57.6 Å². The number of benzene rings is 2. The topological polar surface area (TPSA) is 127 Å². The summed E-state index contributed by atoms with van der Waals surface area (Å²) >= 11 is 0. The summed E-state index contributed by atoms with van der Waals surface area (Å²) in [6.07, 6.45) is 4.06. The summed E-state index contributed by atoms with van der Waals surface area (Å²) in [5.74, 6) is 1.21. The van der Waals surface area contributed by atoms with Gasteiger partial charge in [0.15, 0.2) is 0 Å². The van der Waals surface area contributed by atoms with E-state index < -0.39 is 36.5 Å². The van der Waals surface area contributed by atoms with Crippen molar-refractivity contribution >= 4 is 31.4 Å². The van der Waals surface area contributed by atoms with Crippen molar-refractivity contribution in [3.63, 3.8) is 0 Å². The Hall–Kier alpha value is -2.92. The number of carbonyl (C=O) groups excluding carboxylic acids is 1. The standard InChI is InChI=1S/C17H25BO4.C12H16BNO5.CH4/c1-6-7-11-20-14-10-8-9-13(12-19)15(14)18-21-16(2,3)17(4,5)22-18;1-2-3-7-18-10-6-4-5-9-11(8-14(16)17)19-13(15)12(9)10;/h8-10,12H,6-7,11H2,1-5H3;4-6,11,15H,2-3,7-8H2,1H3;1H4. The molecule has 1 saturated heterocycles.